The first-order valence-corrected chi connectivity index (χ1v) is 8.61. The molecule has 2 rings (SSSR count). The Balaban J connectivity index is 2.32. The van der Waals surface area contributed by atoms with E-state index in [9.17, 15) is 9.90 Å². The van der Waals surface area contributed by atoms with Crippen LogP contribution in [0.25, 0.3) is 11.1 Å². The van der Waals surface area contributed by atoms with Crippen molar-refractivity contribution >= 4 is 5.97 Å². The fourth-order valence-corrected chi connectivity index (χ4v) is 2.79. The lowest BCUT2D eigenvalue weighted by molar-refractivity contribution is 0.0697. The summed E-state index contributed by atoms with van der Waals surface area (Å²) in [5.41, 5.74) is 4.72. The van der Waals surface area contributed by atoms with Crippen molar-refractivity contribution in [3.05, 3.63) is 59.2 Å². The highest BCUT2D eigenvalue weighted by Gasteiger charge is 2.12. The molecular weight excluding hydrogens is 284 g/mol. The molecule has 2 aromatic rings. The molecule has 0 unspecified atom stereocenters. The molecule has 2 heteroatoms. The molecule has 0 bridgehead atoms. The van der Waals surface area contributed by atoms with Gasteiger partial charge in [0, 0.05) is 0 Å². The van der Waals surface area contributed by atoms with E-state index in [2.05, 4.69) is 38.1 Å². The van der Waals surface area contributed by atoms with Crippen LogP contribution in [0.3, 0.4) is 0 Å². The van der Waals surface area contributed by atoms with Gasteiger partial charge in [0.05, 0.1) is 5.56 Å². The van der Waals surface area contributed by atoms with Crippen molar-refractivity contribution < 1.29 is 9.90 Å². The highest BCUT2D eigenvalue weighted by molar-refractivity contribution is 5.96. The second-order valence-electron chi connectivity index (χ2n) is 6.09. The predicted molar refractivity (Wildman–Crippen MR) is 96.1 cm³/mol. The van der Waals surface area contributed by atoms with Gasteiger partial charge in [0.25, 0.3) is 0 Å². The fourth-order valence-electron chi connectivity index (χ4n) is 2.79. The van der Waals surface area contributed by atoms with E-state index in [1.165, 1.54) is 24.0 Å². The van der Waals surface area contributed by atoms with E-state index < -0.39 is 5.97 Å². The second-order valence-corrected chi connectivity index (χ2v) is 6.09. The van der Waals surface area contributed by atoms with Gasteiger partial charge in [-0.15, -0.1) is 0 Å². The molecule has 0 amide bonds. The largest absolute Gasteiger partial charge is 0.478 e. The summed E-state index contributed by atoms with van der Waals surface area (Å²) in [7, 11) is 0. The number of rotatable bonds is 8. The van der Waals surface area contributed by atoms with Crippen LogP contribution >= 0.6 is 0 Å². The Morgan fingerprint density at radius 2 is 1.43 bits per heavy atom. The first kappa shape index (κ1) is 17.3. The molecule has 0 aliphatic carbocycles. The normalized spacial score (nSPS) is 10.7. The Morgan fingerprint density at radius 1 is 0.870 bits per heavy atom. The summed E-state index contributed by atoms with van der Waals surface area (Å²) in [6, 6.07) is 14.1. The zero-order chi connectivity index (χ0) is 16.7. The average molecular weight is 310 g/mol. The molecule has 0 aliphatic heterocycles. The lowest BCUT2D eigenvalue weighted by Gasteiger charge is -2.10. The Hall–Kier alpha value is -2.09. The van der Waals surface area contributed by atoms with E-state index in [-0.39, 0.29) is 0 Å². The standard InChI is InChI=1S/C21H26O2/c1-3-5-7-16-9-12-18(13-10-16)20-15-17(8-6-4-2)11-14-19(20)21(22)23/h9-15H,3-8H2,1-2H3,(H,22,23). The van der Waals surface area contributed by atoms with Gasteiger partial charge in [-0.3, -0.25) is 0 Å². The van der Waals surface area contributed by atoms with E-state index in [0.29, 0.717) is 5.56 Å². The van der Waals surface area contributed by atoms with Crippen LogP contribution in [0.15, 0.2) is 42.5 Å². The van der Waals surface area contributed by atoms with Crippen molar-refractivity contribution in [1.29, 1.82) is 0 Å². The monoisotopic (exact) mass is 310 g/mol. The van der Waals surface area contributed by atoms with E-state index in [1.807, 2.05) is 12.1 Å². The maximum absolute atomic E-state index is 11.5. The van der Waals surface area contributed by atoms with Crippen molar-refractivity contribution in [3.8, 4) is 11.1 Å². The molecule has 0 atom stereocenters. The van der Waals surface area contributed by atoms with Gasteiger partial charge in [0.1, 0.15) is 0 Å². The minimum Gasteiger partial charge on any atom is -0.478 e. The minimum absolute atomic E-state index is 0.381. The third kappa shape index (κ3) is 4.69. The van der Waals surface area contributed by atoms with Gasteiger partial charge in [0.15, 0.2) is 0 Å². The smallest absolute Gasteiger partial charge is 0.336 e. The number of hydrogen-bond acceptors (Lipinski definition) is 1. The molecule has 0 saturated heterocycles. The maximum atomic E-state index is 11.5. The number of hydrogen-bond donors (Lipinski definition) is 1. The van der Waals surface area contributed by atoms with Crippen LogP contribution in [-0.4, -0.2) is 11.1 Å². The summed E-state index contributed by atoms with van der Waals surface area (Å²) in [4.78, 5) is 11.5. The van der Waals surface area contributed by atoms with Crippen molar-refractivity contribution in [1.82, 2.24) is 0 Å². The lowest BCUT2D eigenvalue weighted by Crippen LogP contribution is -2.01. The van der Waals surface area contributed by atoms with Crippen LogP contribution in [0.2, 0.25) is 0 Å². The molecule has 0 aromatic heterocycles. The minimum atomic E-state index is -0.864. The summed E-state index contributed by atoms with van der Waals surface area (Å²) in [5.74, 6) is -0.864. The van der Waals surface area contributed by atoms with Crippen molar-refractivity contribution in [2.75, 3.05) is 0 Å². The molecule has 2 aromatic carbocycles. The van der Waals surface area contributed by atoms with Crippen LogP contribution < -0.4 is 0 Å². The molecular formula is C21H26O2. The van der Waals surface area contributed by atoms with Gasteiger partial charge >= 0.3 is 5.97 Å². The van der Waals surface area contributed by atoms with E-state index in [1.54, 1.807) is 6.07 Å². The molecule has 1 N–H and O–H groups in total. The zero-order valence-corrected chi connectivity index (χ0v) is 14.1. The molecule has 0 aliphatic rings. The van der Waals surface area contributed by atoms with Crippen LogP contribution in [0.4, 0.5) is 0 Å². The summed E-state index contributed by atoms with van der Waals surface area (Å²) < 4.78 is 0. The molecule has 23 heavy (non-hydrogen) atoms. The number of carbonyl (C=O) groups is 1. The first-order chi connectivity index (χ1) is 11.2. The Labute approximate surface area is 139 Å². The fraction of sp³-hybridized carbons (Fsp3) is 0.381. The topological polar surface area (TPSA) is 37.3 Å². The number of carboxylic acids is 1. The predicted octanol–water partition coefficient (Wildman–Crippen LogP) is 5.74. The van der Waals surface area contributed by atoms with E-state index in [4.69, 9.17) is 0 Å². The molecule has 2 nitrogen and oxygen atoms in total. The molecule has 0 saturated carbocycles. The highest BCUT2D eigenvalue weighted by atomic mass is 16.4. The zero-order valence-electron chi connectivity index (χ0n) is 14.1. The average Bonchev–Trinajstić information content (AvgIpc) is 2.58. The van der Waals surface area contributed by atoms with Crippen molar-refractivity contribution in [2.45, 2.75) is 52.4 Å². The van der Waals surface area contributed by atoms with Crippen molar-refractivity contribution in [2.24, 2.45) is 0 Å². The van der Waals surface area contributed by atoms with Crippen LogP contribution in [0.1, 0.15) is 61.0 Å². The molecule has 0 heterocycles. The summed E-state index contributed by atoms with van der Waals surface area (Å²) in [5, 5.41) is 9.46. The van der Waals surface area contributed by atoms with Crippen molar-refractivity contribution in [3.63, 3.8) is 0 Å². The summed E-state index contributed by atoms with van der Waals surface area (Å²) in [6.45, 7) is 4.36. The quantitative estimate of drug-likeness (QED) is 0.675. The number of benzene rings is 2. The SMILES string of the molecule is CCCCc1ccc(-c2cc(CCCC)ccc2C(=O)O)cc1. The van der Waals surface area contributed by atoms with Gasteiger partial charge in [-0.25, -0.2) is 4.79 Å². The number of aryl methyl sites for hydroxylation is 2. The molecule has 122 valence electrons. The molecule has 0 spiro atoms. The van der Waals surface area contributed by atoms with Gasteiger partial charge in [-0.05, 0) is 54.0 Å². The van der Waals surface area contributed by atoms with E-state index >= 15 is 0 Å². The Bertz CT molecular complexity index is 641. The number of unbranched alkanes of at least 4 members (excludes halogenated alkanes) is 2. The first-order valence-electron chi connectivity index (χ1n) is 8.61. The molecule has 0 radical (unpaired) electrons. The third-order valence-corrected chi connectivity index (χ3v) is 4.22. The van der Waals surface area contributed by atoms with Gasteiger partial charge < -0.3 is 5.11 Å². The lowest BCUT2D eigenvalue weighted by atomic mass is 9.94. The van der Waals surface area contributed by atoms with Gasteiger partial charge in [-0.2, -0.15) is 0 Å². The Morgan fingerprint density at radius 3 is 2.00 bits per heavy atom. The maximum Gasteiger partial charge on any atom is 0.336 e. The highest BCUT2D eigenvalue weighted by Crippen LogP contribution is 2.26. The van der Waals surface area contributed by atoms with E-state index in [0.717, 1.165) is 36.8 Å². The van der Waals surface area contributed by atoms with Crippen LogP contribution in [-0.2, 0) is 12.8 Å². The Kier molecular flexibility index (Phi) is 6.40. The number of carboxylic acid groups (broad SMARTS) is 1. The van der Waals surface area contributed by atoms with Crippen LogP contribution in [0.5, 0.6) is 0 Å². The summed E-state index contributed by atoms with van der Waals surface area (Å²) in [6.07, 6.45) is 6.72. The molecule has 0 fully saturated rings. The number of aromatic carboxylic acids is 1. The third-order valence-electron chi connectivity index (χ3n) is 4.22. The van der Waals surface area contributed by atoms with Crippen LogP contribution in [0, 0.1) is 0 Å². The van der Waals surface area contributed by atoms with Gasteiger partial charge in [-0.1, -0.05) is 63.1 Å². The van der Waals surface area contributed by atoms with Gasteiger partial charge in [0.2, 0.25) is 0 Å². The summed E-state index contributed by atoms with van der Waals surface area (Å²) >= 11 is 0. The second kappa shape index (κ2) is 8.52.